The molecule has 1 N–H and O–H groups in total. The van der Waals surface area contributed by atoms with Crippen molar-refractivity contribution in [3.05, 3.63) is 81.3 Å². The van der Waals surface area contributed by atoms with Crippen LogP contribution in [0.1, 0.15) is 16.2 Å². The Morgan fingerprint density at radius 2 is 2.12 bits per heavy atom. The van der Waals surface area contributed by atoms with Gasteiger partial charge >= 0.3 is 0 Å². The van der Waals surface area contributed by atoms with E-state index in [1.165, 1.54) is 30.6 Å². The molecule has 0 saturated heterocycles. The van der Waals surface area contributed by atoms with E-state index in [0.717, 1.165) is 0 Å². The number of carbonyl (C=O) groups is 1. The fraction of sp³-hybridized carbons (Fsp3) is 0. The van der Waals surface area contributed by atoms with Gasteiger partial charge in [-0.05, 0) is 36.4 Å². The van der Waals surface area contributed by atoms with E-state index in [9.17, 15) is 14.9 Å². The number of hydrogen-bond acceptors (Lipinski definition) is 6. The molecule has 0 aliphatic carbocycles. The van der Waals surface area contributed by atoms with Crippen LogP contribution in [0, 0.1) is 10.1 Å². The number of furan rings is 1. The summed E-state index contributed by atoms with van der Waals surface area (Å²) in [7, 11) is 0. The molecule has 0 fully saturated rings. The summed E-state index contributed by atoms with van der Waals surface area (Å²) in [6, 6.07) is 12.4. The van der Waals surface area contributed by atoms with Crippen LogP contribution in [0.4, 0.5) is 5.69 Å². The topological polar surface area (TPSA) is 111 Å². The Hall–Kier alpha value is -3.52. The molecular formula is C17H11ClN4O4. The van der Waals surface area contributed by atoms with Crippen molar-refractivity contribution < 1.29 is 14.1 Å². The molecule has 0 saturated carbocycles. The van der Waals surface area contributed by atoms with Crippen molar-refractivity contribution >= 4 is 29.4 Å². The molecule has 0 spiro atoms. The van der Waals surface area contributed by atoms with Crippen molar-refractivity contribution in [2.24, 2.45) is 5.10 Å². The highest BCUT2D eigenvalue weighted by Gasteiger charge is 2.18. The molecule has 0 aliphatic rings. The maximum Gasteiger partial charge on any atom is 0.289 e. The Labute approximate surface area is 152 Å². The highest BCUT2D eigenvalue weighted by atomic mass is 35.5. The molecule has 3 aromatic rings. The number of nitro benzene ring substituents is 1. The van der Waals surface area contributed by atoms with Gasteiger partial charge in [-0.2, -0.15) is 5.10 Å². The van der Waals surface area contributed by atoms with Crippen molar-refractivity contribution in [3.63, 3.8) is 0 Å². The SMILES string of the molecule is O=C(N/N=C\c1ccc(-c2ccc(Cl)cc2[N+](=O)[O-])o1)c1ccccn1. The third kappa shape index (κ3) is 3.93. The van der Waals surface area contributed by atoms with Crippen molar-refractivity contribution in [2.75, 3.05) is 0 Å². The predicted molar refractivity (Wildman–Crippen MR) is 95.1 cm³/mol. The molecule has 1 aromatic carbocycles. The van der Waals surface area contributed by atoms with E-state index in [-0.39, 0.29) is 27.7 Å². The number of aromatic nitrogens is 1. The van der Waals surface area contributed by atoms with E-state index in [4.69, 9.17) is 16.0 Å². The first-order valence-corrected chi connectivity index (χ1v) is 7.71. The third-order valence-corrected chi connectivity index (χ3v) is 3.54. The smallest absolute Gasteiger partial charge is 0.289 e. The first-order valence-electron chi connectivity index (χ1n) is 7.33. The van der Waals surface area contributed by atoms with Crippen LogP contribution in [0.25, 0.3) is 11.3 Å². The van der Waals surface area contributed by atoms with Gasteiger partial charge in [-0.1, -0.05) is 17.7 Å². The largest absolute Gasteiger partial charge is 0.455 e. The van der Waals surface area contributed by atoms with E-state index in [2.05, 4.69) is 15.5 Å². The highest BCUT2D eigenvalue weighted by Crippen LogP contribution is 2.33. The molecule has 2 aromatic heterocycles. The van der Waals surface area contributed by atoms with Crippen molar-refractivity contribution in [1.29, 1.82) is 0 Å². The number of nitro groups is 1. The van der Waals surface area contributed by atoms with Crippen LogP contribution in [0.5, 0.6) is 0 Å². The molecule has 0 bridgehead atoms. The van der Waals surface area contributed by atoms with Crippen LogP contribution in [-0.2, 0) is 0 Å². The number of pyridine rings is 1. The van der Waals surface area contributed by atoms with Crippen LogP contribution in [-0.4, -0.2) is 22.0 Å². The Bertz CT molecular complexity index is 985. The molecule has 0 unspecified atom stereocenters. The second-order valence-electron chi connectivity index (χ2n) is 5.03. The number of hydrazone groups is 1. The van der Waals surface area contributed by atoms with Gasteiger partial charge in [0.25, 0.3) is 11.6 Å². The molecule has 2 heterocycles. The van der Waals surface area contributed by atoms with Gasteiger partial charge < -0.3 is 4.42 Å². The normalized spacial score (nSPS) is 10.8. The number of nitrogens with one attached hydrogen (secondary N) is 1. The Balaban J connectivity index is 1.75. The predicted octanol–water partition coefficient (Wildman–Crippen LogP) is 3.67. The Kier molecular flexibility index (Phi) is 5.04. The minimum absolute atomic E-state index is 0.168. The number of carbonyl (C=O) groups excluding carboxylic acids is 1. The van der Waals surface area contributed by atoms with E-state index in [1.54, 1.807) is 30.3 Å². The Morgan fingerprint density at radius 1 is 1.27 bits per heavy atom. The fourth-order valence-corrected chi connectivity index (χ4v) is 2.31. The van der Waals surface area contributed by atoms with Crippen LogP contribution in [0.15, 0.2) is 64.2 Å². The van der Waals surface area contributed by atoms with Gasteiger partial charge in [-0.3, -0.25) is 19.9 Å². The zero-order chi connectivity index (χ0) is 18.5. The maximum absolute atomic E-state index is 11.8. The molecule has 26 heavy (non-hydrogen) atoms. The second-order valence-corrected chi connectivity index (χ2v) is 5.47. The molecule has 9 heteroatoms. The minimum atomic E-state index is -0.537. The fourth-order valence-electron chi connectivity index (χ4n) is 2.14. The minimum Gasteiger partial charge on any atom is -0.455 e. The summed E-state index contributed by atoms with van der Waals surface area (Å²) < 4.78 is 5.52. The number of benzene rings is 1. The van der Waals surface area contributed by atoms with Gasteiger partial charge in [0, 0.05) is 17.3 Å². The van der Waals surface area contributed by atoms with Gasteiger partial charge in [0.2, 0.25) is 0 Å². The zero-order valence-corrected chi connectivity index (χ0v) is 13.9. The van der Waals surface area contributed by atoms with Crippen LogP contribution in [0.2, 0.25) is 5.02 Å². The average molecular weight is 371 g/mol. The third-order valence-electron chi connectivity index (χ3n) is 3.30. The number of amides is 1. The molecule has 0 atom stereocenters. The lowest BCUT2D eigenvalue weighted by Gasteiger charge is -2.00. The van der Waals surface area contributed by atoms with Gasteiger partial charge in [-0.25, -0.2) is 5.43 Å². The number of rotatable bonds is 5. The van der Waals surface area contributed by atoms with Gasteiger partial charge in [0.15, 0.2) is 0 Å². The summed E-state index contributed by atoms with van der Waals surface area (Å²) in [6.07, 6.45) is 2.78. The van der Waals surface area contributed by atoms with Gasteiger partial charge in [0.05, 0.1) is 16.7 Å². The highest BCUT2D eigenvalue weighted by molar-refractivity contribution is 6.30. The summed E-state index contributed by atoms with van der Waals surface area (Å²) in [5.41, 5.74) is 2.66. The lowest BCUT2D eigenvalue weighted by atomic mass is 10.1. The molecular weight excluding hydrogens is 360 g/mol. The average Bonchev–Trinajstić information content (AvgIpc) is 3.11. The summed E-state index contributed by atoms with van der Waals surface area (Å²) in [5.74, 6) is 0.124. The van der Waals surface area contributed by atoms with E-state index >= 15 is 0 Å². The number of halogens is 1. The molecule has 1 amide bonds. The monoisotopic (exact) mass is 370 g/mol. The van der Waals surface area contributed by atoms with Gasteiger partial charge in [0.1, 0.15) is 17.2 Å². The first-order chi connectivity index (χ1) is 12.5. The summed E-state index contributed by atoms with van der Waals surface area (Å²) >= 11 is 5.80. The maximum atomic E-state index is 11.8. The van der Waals surface area contributed by atoms with Crippen LogP contribution < -0.4 is 5.43 Å². The van der Waals surface area contributed by atoms with Crippen molar-refractivity contribution in [2.45, 2.75) is 0 Å². The second kappa shape index (κ2) is 7.58. The van der Waals surface area contributed by atoms with Crippen molar-refractivity contribution in [1.82, 2.24) is 10.4 Å². The van der Waals surface area contributed by atoms with Crippen molar-refractivity contribution in [3.8, 4) is 11.3 Å². The molecule has 130 valence electrons. The van der Waals surface area contributed by atoms with Crippen LogP contribution in [0.3, 0.4) is 0 Å². The quantitative estimate of drug-likeness (QED) is 0.418. The molecule has 0 radical (unpaired) electrons. The van der Waals surface area contributed by atoms with Crippen LogP contribution >= 0.6 is 11.6 Å². The van der Waals surface area contributed by atoms with E-state index < -0.39 is 10.8 Å². The lowest BCUT2D eigenvalue weighted by Crippen LogP contribution is -2.18. The zero-order valence-electron chi connectivity index (χ0n) is 13.1. The number of hydrogen-bond donors (Lipinski definition) is 1. The Morgan fingerprint density at radius 3 is 2.85 bits per heavy atom. The van der Waals surface area contributed by atoms with Gasteiger partial charge in [-0.15, -0.1) is 0 Å². The molecule has 3 rings (SSSR count). The number of nitrogens with zero attached hydrogens (tertiary/aromatic N) is 3. The lowest BCUT2D eigenvalue weighted by molar-refractivity contribution is -0.384. The van der Waals surface area contributed by atoms with E-state index in [0.29, 0.717) is 5.76 Å². The molecule has 0 aliphatic heterocycles. The first kappa shape index (κ1) is 17.3. The van der Waals surface area contributed by atoms with E-state index in [1.807, 2.05) is 0 Å². The summed E-state index contributed by atoms with van der Waals surface area (Å²) in [5, 5.41) is 15.2. The molecule has 8 nitrogen and oxygen atoms in total. The summed E-state index contributed by atoms with van der Waals surface area (Å²) in [4.78, 5) is 26.3. The standard InChI is InChI=1S/C17H11ClN4O4/c18-11-4-6-13(15(9-11)22(24)25)16-7-5-12(26-16)10-20-21-17(23)14-3-1-2-8-19-14/h1-10H,(H,21,23)/b20-10-. The summed E-state index contributed by atoms with van der Waals surface area (Å²) in [6.45, 7) is 0.